The van der Waals surface area contributed by atoms with Crippen LogP contribution in [-0.2, 0) is 13.6 Å². The van der Waals surface area contributed by atoms with Gasteiger partial charge in [-0.3, -0.25) is 4.79 Å². The van der Waals surface area contributed by atoms with Crippen molar-refractivity contribution in [2.24, 2.45) is 29.1 Å². The summed E-state index contributed by atoms with van der Waals surface area (Å²) in [6, 6.07) is 0. The van der Waals surface area contributed by atoms with Gasteiger partial charge in [-0.1, -0.05) is 85.8 Å². The van der Waals surface area contributed by atoms with Crippen molar-refractivity contribution in [3.63, 3.8) is 0 Å². The van der Waals surface area contributed by atoms with Crippen molar-refractivity contribution >= 4 is 22.4 Å². The van der Waals surface area contributed by atoms with E-state index in [1.165, 1.54) is 17.2 Å². The molecule has 0 aliphatic heterocycles. The van der Waals surface area contributed by atoms with Gasteiger partial charge in [-0.25, -0.2) is 0 Å². The molecule has 0 bridgehead atoms. The van der Waals surface area contributed by atoms with E-state index in [2.05, 4.69) is 100 Å². The molecule has 0 aromatic rings. The number of ketones is 1. The molecule has 0 saturated heterocycles. The number of carbonyl (C=O) groups is 1. The highest BCUT2D eigenvalue weighted by Gasteiger charge is 2.50. The molecule has 0 N–H and O–H groups in total. The Morgan fingerprint density at radius 3 is 2.23 bits per heavy atom. The molecule has 0 aromatic heterocycles. The quantitative estimate of drug-likeness (QED) is 0.185. The standard InChI is InChI=1S/C39H66O3Si2/c1-27(16-23-35(40)30-18-19-30)33-21-22-34-29(15-14-24-39(33,34)9)17-20-31-25-32(41-43(10,11)37(3,4)5)26-36(28(31)2)42-44(12,13)38(6,7)8/h16-17,20,23,27,30,32-34,36H,2,14-15,18-19,21-22,24-26H2,1,3-13H3/b23-16-,29-17+,31-20+/t27?,32-,33-,34+,36-,39+/m1/s1/i18D2,19D2. The Labute approximate surface area is 279 Å². The normalized spacial score (nSPS) is 37.0. The molecule has 0 aromatic carbocycles. The van der Waals surface area contributed by atoms with Crippen LogP contribution in [0, 0.1) is 29.1 Å². The highest BCUT2D eigenvalue weighted by atomic mass is 28.4. The predicted octanol–water partition coefficient (Wildman–Crippen LogP) is 11.4. The lowest BCUT2D eigenvalue weighted by Crippen LogP contribution is -2.49. The van der Waals surface area contributed by atoms with Gasteiger partial charge in [-0.2, -0.15) is 0 Å². The summed E-state index contributed by atoms with van der Waals surface area (Å²) >= 11 is 0. The third kappa shape index (κ3) is 7.74. The molecule has 0 amide bonds. The molecule has 6 atom stereocenters. The van der Waals surface area contributed by atoms with Crippen molar-refractivity contribution in [1.29, 1.82) is 0 Å². The van der Waals surface area contributed by atoms with Crippen LogP contribution >= 0.6 is 0 Å². The SMILES string of the molecule is [2H]C1([2H])C(C(=O)/C=C\C(C)[C@H]2CC[C@H]3/C(=C/C=C4\C[C@@H](O[Si](C)(C)C(C)(C)C)C[C@@H](O[Si](C)(C)C(C)(C)C)C4=C)CCC[C@@]23C)C1([2H])[2H]. The van der Waals surface area contributed by atoms with Gasteiger partial charge in [-0.15, -0.1) is 0 Å². The number of hydrogen-bond donors (Lipinski definition) is 0. The molecule has 3 nitrogen and oxygen atoms in total. The van der Waals surface area contributed by atoms with E-state index < -0.39 is 41.1 Å². The van der Waals surface area contributed by atoms with Gasteiger partial charge >= 0.3 is 0 Å². The van der Waals surface area contributed by atoms with E-state index in [0.717, 1.165) is 50.5 Å². The lowest BCUT2D eigenvalue weighted by Gasteiger charge is -2.45. The summed E-state index contributed by atoms with van der Waals surface area (Å²) < 4.78 is 45.5. The van der Waals surface area contributed by atoms with Crippen molar-refractivity contribution in [3.05, 3.63) is 47.6 Å². The van der Waals surface area contributed by atoms with Crippen molar-refractivity contribution < 1.29 is 19.1 Å². The zero-order chi connectivity index (χ0) is 36.5. The molecule has 4 rings (SSSR count). The maximum absolute atomic E-state index is 12.7. The van der Waals surface area contributed by atoms with Gasteiger partial charge in [0.2, 0.25) is 0 Å². The molecule has 5 heteroatoms. The fraction of sp³-hybridized carbons (Fsp3) is 0.769. The van der Waals surface area contributed by atoms with Crippen LogP contribution in [0.3, 0.4) is 0 Å². The molecule has 248 valence electrons. The summed E-state index contributed by atoms with van der Waals surface area (Å²) in [4.78, 5) is 12.7. The second-order valence-electron chi connectivity index (χ2n) is 17.7. The van der Waals surface area contributed by atoms with E-state index >= 15 is 0 Å². The van der Waals surface area contributed by atoms with Crippen molar-refractivity contribution in [2.75, 3.05) is 0 Å². The van der Waals surface area contributed by atoms with Gasteiger partial charge in [0, 0.05) is 17.8 Å². The Morgan fingerprint density at radius 1 is 1.02 bits per heavy atom. The van der Waals surface area contributed by atoms with E-state index in [-0.39, 0.29) is 33.6 Å². The first kappa shape index (κ1) is 30.3. The highest BCUT2D eigenvalue weighted by Crippen LogP contribution is 2.59. The number of hydrogen-bond acceptors (Lipinski definition) is 3. The largest absolute Gasteiger partial charge is 0.413 e. The van der Waals surface area contributed by atoms with Crippen LogP contribution in [-0.4, -0.2) is 34.6 Å². The van der Waals surface area contributed by atoms with Gasteiger partial charge in [0.1, 0.15) is 0 Å². The van der Waals surface area contributed by atoms with Gasteiger partial charge < -0.3 is 8.85 Å². The lowest BCUT2D eigenvalue weighted by atomic mass is 9.61. The number of allylic oxidation sites excluding steroid dienone is 5. The first-order valence-electron chi connectivity index (χ1n) is 19.3. The summed E-state index contributed by atoms with van der Waals surface area (Å²) in [5.74, 6) is -0.541. The van der Waals surface area contributed by atoms with Gasteiger partial charge in [-0.05, 0) is 128 Å². The van der Waals surface area contributed by atoms with Crippen LogP contribution in [0.4, 0.5) is 0 Å². The van der Waals surface area contributed by atoms with Crippen LogP contribution < -0.4 is 0 Å². The Kier molecular flexibility index (Phi) is 8.88. The number of fused-ring (bicyclic) bond motifs is 1. The average Bonchev–Trinajstić information content (AvgIpc) is 3.16. The summed E-state index contributed by atoms with van der Waals surface area (Å²) in [5, 5.41) is 0.241. The minimum atomic E-state index is -2.07. The topological polar surface area (TPSA) is 35.5 Å². The zero-order valence-electron chi connectivity index (χ0n) is 34.2. The van der Waals surface area contributed by atoms with Crippen LogP contribution in [0.25, 0.3) is 0 Å². The molecule has 0 heterocycles. The molecular weight excluding hydrogens is 573 g/mol. The van der Waals surface area contributed by atoms with E-state index in [4.69, 9.17) is 14.3 Å². The van der Waals surface area contributed by atoms with Crippen LogP contribution in [0.15, 0.2) is 47.6 Å². The third-order valence-electron chi connectivity index (χ3n) is 12.5. The van der Waals surface area contributed by atoms with Gasteiger partial charge in [0.15, 0.2) is 22.4 Å². The zero-order valence-corrected chi connectivity index (χ0v) is 32.2. The van der Waals surface area contributed by atoms with Gasteiger partial charge in [0.25, 0.3) is 0 Å². The maximum atomic E-state index is 12.7. The minimum absolute atomic E-state index is 0.0388. The predicted molar refractivity (Wildman–Crippen MR) is 193 cm³/mol. The fourth-order valence-corrected chi connectivity index (χ4v) is 10.2. The summed E-state index contributed by atoms with van der Waals surface area (Å²) in [6.07, 6.45) is 11.4. The first-order chi connectivity index (χ1) is 21.7. The second kappa shape index (κ2) is 12.9. The van der Waals surface area contributed by atoms with Gasteiger partial charge in [0.05, 0.1) is 12.2 Å². The first-order valence-corrected chi connectivity index (χ1v) is 23.2. The second-order valence-corrected chi connectivity index (χ2v) is 27.2. The minimum Gasteiger partial charge on any atom is -0.413 e. The van der Waals surface area contributed by atoms with Crippen molar-refractivity contribution in [3.8, 4) is 0 Å². The molecule has 4 saturated carbocycles. The van der Waals surface area contributed by atoms with E-state index in [0.29, 0.717) is 11.8 Å². The van der Waals surface area contributed by atoms with E-state index in [1.54, 1.807) is 0 Å². The van der Waals surface area contributed by atoms with Crippen LogP contribution in [0.5, 0.6) is 0 Å². The van der Waals surface area contributed by atoms with Crippen LogP contribution in [0.1, 0.15) is 119 Å². The Bertz CT molecular complexity index is 1340. The van der Waals surface area contributed by atoms with Crippen molar-refractivity contribution in [2.45, 2.75) is 162 Å². The summed E-state index contributed by atoms with van der Waals surface area (Å²) in [6.45, 7) is 32.4. The Morgan fingerprint density at radius 2 is 1.64 bits per heavy atom. The monoisotopic (exact) mass is 642 g/mol. The third-order valence-corrected chi connectivity index (χ3v) is 21.6. The Balaban J connectivity index is 1.56. The number of carbonyl (C=O) groups excluding carboxylic acids is 1. The highest BCUT2D eigenvalue weighted by molar-refractivity contribution is 6.74. The fourth-order valence-electron chi connectivity index (χ4n) is 7.57. The van der Waals surface area contributed by atoms with Crippen LogP contribution in [0.2, 0.25) is 36.3 Å². The maximum Gasteiger partial charge on any atom is 0.192 e. The summed E-state index contributed by atoms with van der Waals surface area (Å²) in [5.41, 5.74) is 4.02. The molecule has 0 radical (unpaired) electrons. The smallest absolute Gasteiger partial charge is 0.192 e. The van der Waals surface area contributed by atoms with Crippen molar-refractivity contribution in [1.82, 2.24) is 0 Å². The van der Waals surface area contributed by atoms with E-state index in [1.807, 2.05) is 6.08 Å². The molecule has 4 aliphatic carbocycles. The summed E-state index contributed by atoms with van der Waals surface area (Å²) in [7, 11) is -4.01. The molecule has 0 spiro atoms. The van der Waals surface area contributed by atoms with E-state index in [9.17, 15) is 4.79 Å². The lowest BCUT2D eigenvalue weighted by molar-refractivity contribution is -0.115. The Hall–Kier alpha value is -1.02. The molecule has 4 aliphatic rings. The molecule has 1 unspecified atom stereocenters. The molecule has 44 heavy (non-hydrogen) atoms. The molecular formula is C39H66O3Si2. The average molecular weight is 643 g/mol. The molecule has 4 fully saturated rings. The number of rotatable bonds is 9.